The number of hydrogen-bond acceptors (Lipinski definition) is 8. The van der Waals surface area contributed by atoms with Crippen molar-refractivity contribution >= 4 is 27.3 Å². The van der Waals surface area contributed by atoms with Crippen molar-refractivity contribution in [1.82, 2.24) is 19.1 Å². The van der Waals surface area contributed by atoms with Crippen molar-refractivity contribution in [3.8, 4) is 11.5 Å². The Hall–Kier alpha value is -2.21. The van der Waals surface area contributed by atoms with Gasteiger partial charge in [-0.05, 0) is 25.6 Å². The molecule has 2 aromatic rings. The smallest absolute Gasteiger partial charge is 0.247 e. The van der Waals surface area contributed by atoms with Crippen molar-refractivity contribution in [3.63, 3.8) is 0 Å². The predicted molar refractivity (Wildman–Crippen MR) is 123 cm³/mol. The molecule has 3 rings (SSSR count). The third-order valence-corrected chi connectivity index (χ3v) is 8.28. The highest BCUT2D eigenvalue weighted by molar-refractivity contribution is 7.89. The van der Waals surface area contributed by atoms with Crippen molar-refractivity contribution in [2.45, 2.75) is 24.8 Å². The average molecular weight is 483 g/mol. The summed E-state index contributed by atoms with van der Waals surface area (Å²) in [5, 5.41) is 3.11. The van der Waals surface area contributed by atoms with Gasteiger partial charge in [0.1, 0.15) is 16.4 Å². The molecule has 1 aliphatic rings. The number of likely N-dealkylation sites (N-methyl/N-ethyl adjacent to an activating group) is 1. The van der Waals surface area contributed by atoms with E-state index in [2.05, 4.69) is 11.9 Å². The Balaban J connectivity index is 1.58. The Morgan fingerprint density at radius 1 is 1.19 bits per heavy atom. The number of nitrogens with zero attached hydrogens (tertiary/aromatic N) is 4. The zero-order valence-electron chi connectivity index (χ0n) is 18.9. The summed E-state index contributed by atoms with van der Waals surface area (Å²) in [5.74, 6) is 0.682. The van der Waals surface area contributed by atoms with Gasteiger partial charge in [-0.1, -0.05) is 6.92 Å². The fourth-order valence-corrected chi connectivity index (χ4v) is 5.88. The molecule has 176 valence electrons. The molecule has 1 saturated heterocycles. The molecule has 1 amide bonds. The fraction of sp³-hybridized carbons (Fsp3) is 0.524. The zero-order valence-corrected chi connectivity index (χ0v) is 20.5. The van der Waals surface area contributed by atoms with Crippen LogP contribution in [-0.2, 0) is 27.8 Å². The number of ether oxygens (including phenoxy) is 2. The van der Waals surface area contributed by atoms with Crippen LogP contribution in [0.2, 0.25) is 0 Å². The Morgan fingerprint density at radius 2 is 1.91 bits per heavy atom. The Bertz CT molecular complexity index is 1030. The molecule has 0 bridgehead atoms. The first-order valence-electron chi connectivity index (χ1n) is 10.4. The maximum atomic E-state index is 13.2. The lowest BCUT2D eigenvalue weighted by Crippen LogP contribution is -2.52. The average Bonchev–Trinajstić information content (AvgIpc) is 3.25. The molecular formula is C21H30N4O5S2. The first kappa shape index (κ1) is 24.4. The summed E-state index contributed by atoms with van der Waals surface area (Å²) < 4.78 is 38.2. The third-order valence-electron chi connectivity index (χ3n) is 5.32. The number of thiazole rings is 1. The standard InChI is InChI=1S/C21H30N4O5S2/c1-5-20-22-16(15-31-20)13-23(2)14-21(26)24-8-10-25(11-9-24)32(27,28)19-12-17(29-3)6-7-18(19)30-4/h6-7,12,15H,5,8-11,13-14H2,1-4H3. The van der Waals surface area contributed by atoms with Gasteiger partial charge in [-0.25, -0.2) is 13.4 Å². The van der Waals surface area contributed by atoms with Crippen LogP contribution in [0.5, 0.6) is 11.5 Å². The number of rotatable bonds is 9. The number of piperazine rings is 1. The Morgan fingerprint density at radius 3 is 2.50 bits per heavy atom. The van der Waals surface area contributed by atoms with E-state index in [0.29, 0.717) is 25.4 Å². The van der Waals surface area contributed by atoms with Crippen LogP contribution < -0.4 is 9.47 Å². The van der Waals surface area contributed by atoms with Crippen molar-refractivity contribution in [2.24, 2.45) is 0 Å². The monoisotopic (exact) mass is 482 g/mol. The minimum Gasteiger partial charge on any atom is -0.497 e. The van der Waals surface area contributed by atoms with Crippen molar-refractivity contribution < 1.29 is 22.7 Å². The van der Waals surface area contributed by atoms with Gasteiger partial charge < -0.3 is 14.4 Å². The fourth-order valence-electron chi connectivity index (χ4n) is 3.55. The zero-order chi connectivity index (χ0) is 23.3. The number of sulfonamides is 1. The van der Waals surface area contributed by atoms with E-state index >= 15 is 0 Å². The number of methoxy groups -OCH3 is 2. The second-order valence-corrected chi connectivity index (χ2v) is 10.4. The van der Waals surface area contributed by atoms with E-state index < -0.39 is 10.0 Å². The lowest BCUT2D eigenvalue weighted by Gasteiger charge is -2.35. The number of carbonyl (C=O) groups excluding carboxylic acids is 1. The molecule has 1 fully saturated rings. The van der Waals surface area contributed by atoms with Gasteiger partial charge in [-0.15, -0.1) is 11.3 Å². The summed E-state index contributed by atoms with van der Waals surface area (Å²) in [7, 11) is 1.03. The van der Waals surface area contributed by atoms with Gasteiger partial charge in [-0.3, -0.25) is 9.69 Å². The lowest BCUT2D eigenvalue weighted by atomic mass is 10.3. The predicted octanol–water partition coefficient (Wildman–Crippen LogP) is 1.69. The molecule has 32 heavy (non-hydrogen) atoms. The molecule has 0 unspecified atom stereocenters. The van der Waals surface area contributed by atoms with Crippen LogP contribution in [0.25, 0.3) is 0 Å². The SMILES string of the molecule is CCc1nc(CN(C)CC(=O)N2CCN(S(=O)(=O)c3cc(OC)ccc3OC)CC2)cs1. The number of hydrogen-bond donors (Lipinski definition) is 0. The molecule has 2 heterocycles. The minimum absolute atomic E-state index is 0.0190. The number of carbonyl (C=O) groups is 1. The molecule has 0 spiro atoms. The molecule has 0 atom stereocenters. The van der Waals surface area contributed by atoms with E-state index in [1.807, 2.05) is 17.3 Å². The van der Waals surface area contributed by atoms with Gasteiger partial charge in [0.15, 0.2) is 0 Å². The van der Waals surface area contributed by atoms with Gasteiger partial charge in [0.25, 0.3) is 0 Å². The normalized spacial score (nSPS) is 15.2. The van der Waals surface area contributed by atoms with E-state index in [1.54, 1.807) is 28.4 Å². The Labute approximate surface area is 193 Å². The lowest BCUT2D eigenvalue weighted by molar-refractivity contribution is -0.133. The molecule has 0 N–H and O–H groups in total. The van der Waals surface area contributed by atoms with Crippen LogP contribution in [0.4, 0.5) is 0 Å². The highest BCUT2D eigenvalue weighted by atomic mass is 32.2. The molecule has 1 aliphatic heterocycles. The van der Waals surface area contributed by atoms with Crippen LogP contribution in [0.1, 0.15) is 17.6 Å². The first-order chi connectivity index (χ1) is 15.3. The van der Waals surface area contributed by atoms with Crippen LogP contribution in [-0.4, -0.2) is 87.4 Å². The molecule has 1 aromatic heterocycles. The number of aromatic nitrogens is 1. The van der Waals surface area contributed by atoms with E-state index in [0.717, 1.165) is 17.1 Å². The van der Waals surface area contributed by atoms with Crippen LogP contribution in [0.3, 0.4) is 0 Å². The summed E-state index contributed by atoms with van der Waals surface area (Å²) in [4.78, 5) is 21.0. The van der Waals surface area contributed by atoms with Gasteiger partial charge in [0.05, 0.1) is 31.5 Å². The van der Waals surface area contributed by atoms with Crippen LogP contribution in [0, 0.1) is 0 Å². The minimum atomic E-state index is -3.78. The maximum absolute atomic E-state index is 13.2. The number of amides is 1. The summed E-state index contributed by atoms with van der Waals surface area (Å²) in [6.07, 6.45) is 0.905. The largest absolute Gasteiger partial charge is 0.497 e. The maximum Gasteiger partial charge on any atom is 0.247 e. The topological polar surface area (TPSA) is 92.3 Å². The molecule has 0 saturated carbocycles. The van der Waals surface area contributed by atoms with Gasteiger partial charge >= 0.3 is 0 Å². The van der Waals surface area contributed by atoms with E-state index in [4.69, 9.17) is 9.47 Å². The molecule has 11 heteroatoms. The second kappa shape index (κ2) is 10.6. The van der Waals surface area contributed by atoms with Crippen molar-refractivity contribution in [3.05, 3.63) is 34.3 Å². The summed E-state index contributed by atoms with van der Waals surface area (Å²) in [5.41, 5.74) is 0.963. The molecule has 0 aliphatic carbocycles. The van der Waals surface area contributed by atoms with E-state index in [-0.39, 0.29) is 36.2 Å². The third kappa shape index (κ3) is 5.58. The number of benzene rings is 1. The van der Waals surface area contributed by atoms with E-state index in [9.17, 15) is 13.2 Å². The Kier molecular flexibility index (Phi) is 8.10. The summed E-state index contributed by atoms with van der Waals surface area (Å²) in [6, 6.07) is 4.69. The first-order valence-corrected chi connectivity index (χ1v) is 12.7. The highest BCUT2D eigenvalue weighted by Crippen LogP contribution is 2.31. The van der Waals surface area contributed by atoms with E-state index in [1.165, 1.54) is 24.6 Å². The van der Waals surface area contributed by atoms with Gasteiger partial charge in [-0.2, -0.15) is 4.31 Å². The molecule has 9 nitrogen and oxygen atoms in total. The van der Waals surface area contributed by atoms with Crippen LogP contribution >= 0.6 is 11.3 Å². The second-order valence-electron chi connectivity index (χ2n) is 7.56. The molecular weight excluding hydrogens is 452 g/mol. The van der Waals surface area contributed by atoms with Gasteiger partial charge in [0.2, 0.25) is 15.9 Å². The van der Waals surface area contributed by atoms with Crippen LogP contribution in [0.15, 0.2) is 28.5 Å². The molecule has 1 aromatic carbocycles. The summed E-state index contributed by atoms with van der Waals surface area (Å²) in [6.45, 7) is 4.07. The quantitative estimate of drug-likeness (QED) is 0.537. The highest BCUT2D eigenvalue weighted by Gasteiger charge is 2.32. The van der Waals surface area contributed by atoms with Crippen molar-refractivity contribution in [2.75, 3.05) is 54.0 Å². The van der Waals surface area contributed by atoms with Gasteiger partial charge in [0, 0.05) is 44.2 Å². The molecule has 0 radical (unpaired) electrons. The van der Waals surface area contributed by atoms with Crippen molar-refractivity contribution in [1.29, 1.82) is 0 Å². The summed E-state index contributed by atoms with van der Waals surface area (Å²) >= 11 is 1.63. The number of aryl methyl sites for hydroxylation is 1.